The lowest BCUT2D eigenvalue weighted by molar-refractivity contribution is -0.458. The average molecular weight is 344 g/mol. The van der Waals surface area contributed by atoms with E-state index >= 15 is 0 Å². The highest BCUT2D eigenvalue weighted by Crippen LogP contribution is 2.20. The van der Waals surface area contributed by atoms with E-state index in [9.17, 15) is 0 Å². The maximum atomic E-state index is 4.47. The number of halogens is 2. The molecule has 0 aromatic carbocycles. The number of aromatic nitrogens is 3. The smallest absolute Gasteiger partial charge is 0.173 e. The highest BCUT2D eigenvalue weighted by atomic mass is 35.5. The molecule has 0 saturated carbocycles. The van der Waals surface area contributed by atoms with Crippen LogP contribution in [0.3, 0.4) is 0 Å². The van der Waals surface area contributed by atoms with Crippen LogP contribution in [0.2, 0.25) is 0 Å². The summed E-state index contributed by atoms with van der Waals surface area (Å²) in [5.41, 5.74) is 2.91. The number of nitrogens with one attached hydrogen (secondary N) is 1. The summed E-state index contributed by atoms with van der Waals surface area (Å²) in [6.45, 7) is 6.25. The Kier molecular flexibility index (Phi) is 8.75. The first-order valence-electron chi connectivity index (χ1n) is 6.91. The molecular formula is C15H23Cl2N5. The predicted octanol–water partition coefficient (Wildman–Crippen LogP) is -0.591. The summed E-state index contributed by atoms with van der Waals surface area (Å²) in [6, 6.07) is 2.02. The lowest BCUT2D eigenvalue weighted by Crippen LogP contribution is -3.00. The molecule has 2 heterocycles. The fourth-order valence-electron chi connectivity index (χ4n) is 2.14. The predicted molar refractivity (Wildman–Crippen MR) is 90.2 cm³/mol. The molecule has 5 nitrogen and oxygen atoms in total. The summed E-state index contributed by atoms with van der Waals surface area (Å²) in [4.78, 5) is 14.1. The van der Waals surface area contributed by atoms with E-state index in [1.807, 2.05) is 30.9 Å². The van der Waals surface area contributed by atoms with Gasteiger partial charge in [-0.2, -0.15) is 0 Å². The topological polar surface area (TPSA) is 47.8 Å². The molecule has 0 aliphatic heterocycles. The summed E-state index contributed by atoms with van der Waals surface area (Å²) >= 11 is 0. The van der Waals surface area contributed by atoms with Gasteiger partial charge in [-0.1, -0.05) is 0 Å². The Morgan fingerprint density at radius 3 is 2.55 bits per heavy atom. The molecule has 0 aliphatic carbocycles. The summed E-state index contributed by atoms with van der Waals surface area (Å²) < 4.78 is 2.04. The van der Waals surface area contributed by atoms with E-state index in [0.717, 1.165) is 35.4 Å². The highest BCUT2D eigenvalue weighted by molar-refractivity contribution is 6.11. The zero-order valence-corrected chi connectivity index (χ0v) is 14.9. The number of H-pyrrole nitrogens is 1. The second kappa shape index (κ2) is 9.43. The Bertz CT molecular complexity index is 640. The van der Waals surface area contributed by atoms with Crippen molar-refractivity contribution in [2.24, 2.45) is 0 Å². The molecule has 0 aliphatic rings. The van der Waals surface area contributed by atoms with Gasteiger partial charge in [-0.3, -0.25) is 0 Å². The molecule has 0 atom stereocenters. The van der Waals surface area contributed by atoms with Crippen LogP contribution in [0.4, 0.5) is 0 Å². The van der Waals surface area contributed by atoms with Crippen molar-refractivity contribution in [1.29, 1.82) is 0 Å². The fourth-order valence-corrected chi connectivity index (χ4v) is 2.14. The van der Waals surface area contributed by atoms with E-state index in [-0.39, 0.29) is 24.8 Å². The normalized spacial score (nSPS) is 10.6. The van der Waals surface area contributed by atoms with Gasteiger partial charge in [0.2, 0.25) is 0 Å². The number of hydrogen-bond acceptors (Lipinski definition) is 3. The molecule has 0 unspecified atom stereocenters. The van der Waals surface area contributed by atoms with Gasteiger partial charge in [0, 0.05) is 30.9 Å². The van der Waals surface area contributed by atoms with Gasteiger partial charge in [0.15, 0.2) is 6.21 Å². The number of hydrogen-bond donors (Lipinski definition) is 1. The lowest BCUT2D eigenvalue weighted by atomic mass is 10.1. The third-order valence-electron chi connectivity index (χ3n) is 3.16. The Morgan fingerprint density at radius 1 is 1.27 bits per heavy atom. The van der Waals surface area contributed by atoms with E-state index in [1.165, 1.54) is 0 Å². The molecule has 0 fully saturated rings. The number of nitrogens with zero attached hydrogens (tertiary/aromatic N) is 4. The van der Waals surface area contributed by atoms with Crippen LogP contribution in [0.15, 0.2) is 24.8 Å². The molecule has 7 heteroatoms. The first-order valence-corrected chi connectivity index (χ1v) is 6.91. The zero-order chi connectivity index (χ0) is 14.5. The molecule has 2 aromatic rings. The van der Waals surface area contributed by atoms with E-state index in [0.29, 0.717) is 0 Å². The Morgan fingerprint density at radius 2 is 1.95 bits per heavy atom. The van der Waals surface area contributed by atoms with Crippen LogP contribution in [0.1, 0.15) is 19.5 Å². The monoisotopic (exact) mass is 343 g/mol. The molecule has 122 valence electrons. The van der Waals surface area contributed by atoms with Gasteiger partial charge in [0.25, 0.3) is 0 Å². The average Bonchev–Trinajstić information content (AvgIpc) is 2.91. The number of aromatic amines is 1. The van der Waals surface area contributed by atoms with Crippen LogP contribution < -0.4 is 12.4 Å². The van der Waals surface area contributed by atoms with Crippen molar-refractivity contribution in [2.45, 2.75) is 13.8 Å². The summed E-state index contributed by atoms with van der Waals surface area (Å²) in [7, 11) is 4.04. The molecule has 2 aromatic heterocycles. The Labute approximate surface area is 144 Å². The quantitative estimate of drug-likeness (QED) is 0.583. The van der Waals surface area contributed by atoms with Crippen molar-refractivity contribution < 1.29 is 17.0 Å². The summed E-state index contributed by atoms with van der Waals surface area (Å²) in [5.74, 6) is 0. The van der Waals surface area contributed by atoms with Gasteiger partial charge in [-0.15, -0.1) is 12.4 Å². The van der Waals surface area contributed by atoms with Gasteiger partial charge in [-0.25, -0.2) is 14.5 Å². The molecule has 22 heavy (non-hydrogen) atoms. The van der Waals surface area contributed by atoms with E-state index in [2.05, 4.69) is 46.1 Å². The van der Waals surface area contributed by atoms with Crippen molar-refractivity contribution in [1.82, 2.24) is 19.9 Å². The van der Waals surface area contributed by atoms with Crippen molar-refractivity contribution in [3.05, 3.63) is 30.5 Å². The molecule has 0 bridgehead atoms. The van der Waals surface area contributed by atoms with Gasteiger partial charge in [0.05, 0.1) is 11.3 Å². The lowest BCUT2D eigenvalue weighted by Gasteiger charge is -2.16. The standard InChI is InChI=1S/C15H22N5.2ClH/c1-5-20(6-2)10-12(9-19(3)4)14-13-7-8-16-15(13)18-11-17-14;;/h7-11H,5-6H2,1-4H3,(H,16,17,18);2*1H/q+1;;/p-1. The molecular weight excluding hydrogens is 321 g/mol. The second-order valence-electron chi connectivity index (χ2n) is 4.86. The van der Waals surface area contributed by atoms with Gasteiger partial charge in [0.1, 0.15) is 26.1 Å². The van der Waals surface area contributed by atoms with Crippen LogP contribution in [-0.4, -0.2) is 57.8 Å². The number of fused-ring (bicyclic) bond motifs is 1. The largest absolute Gasteiger partial charge is 1.00 e. The Hall–Kier alpha value is -1.59. The summed E-state index contributed by atoms with van der Waals surface area (Å²) in [6.07, 6.45) is 7.75. The number of rotatable bonds is 5. The van der Waals surface area contributed by atoms with Crippen LogP contribution in [0.25, 0.3) is 16.6 Å². The van der Waals surface area contributed by atoms with Crippen molar-refractivity contribution >= 4 is 35.2 Å². The maximum absolute atomic E-state index is 4.47. The first kappa shape index (κ1) is 20.4. The van der Waals surface area contributed by atoms with Crippen molar-refractivity contribution in [3.63, 3.8) is 0 Å². The van der Waals surface area contributed by atoms with E-state index in [1.54, 1.807) is 6.33 Å². The van der Waals surface area contributed by atoms with Crippen LogP contribution in [-0.2, 0) is 0 Å². The maximum Gasteiger partial charge on any atom is 0.173 e. The van der Waals surface area contributed by atoms with Gasteiger partial charge in [-0.05, 0) is 19.9 Å². The third-order valence-corrected chi connectivity index (χ3v) is 3.16. The molecule has 0 saturated heterocycles. The second-order valence-corrected chi connectivity index (χ2v) is 4.86. The minimum absolute atomic E-state index is 0. The van der Waals surface area contributed by atoms with E-state index in [4.69, 9.17) is 0 Å². The number of allylic oxidation sites excluding steroid dienone is 1. The van der Waals surface area contributed by atoms with Gasteiger partial charge < -0.3 is 22.3 Å². The minimum atomic E-state index is 0. The third kappa shape index (κ3) is 4.71. The molecule has 0 spiro atoms. The fraction of sp³-hybridized carbons (Fsp3) is 0.400. The van der Waals surface area contributed by atoms with Crippen molar-refractivity contribution in [3.8, 4) is 0 Å². The van der Waals surface area contributed by atoms with Crippen LogP contribution >= 0.6 is 12.4 Å². The van der Waals surface area contributed by atoms with E-state index < -0.39 is 0 Å². The molecule has 0 radical (unpaired) electrons. The molecule has 2 rings (SSSR count). The first-order chi connectivity index (χ1) is 9.65. The van der Waals surface area contributed by atoms with Crippen LogP contribution in [0, 0.1) is 0 Å². The summed E-state index contributed by atoms with van der Waals surface area (Å²) in [5, 5.41) is 1.05. The minimum Gasteiger partial charge on any atom is -1.00 e. The van der Waals surface area contributed by atoms with Gasteiger partial charge >= 0.3 is 0 Å². The van der Waals surface area contributed by atoms with Crippen LogP contribution in [0.5, 0.6) is 0 Å². The highest BCUT2D eigenvalue weighted by Gasteiger charge is 2.12. The molecule has 0 amide bonds. The Balaban J connectivity index is 0.00000220. The SMILES string of the molecule is CCN(/C=C(\C=[N+](C)C)c1ncnc2[nH]ccc12)CC.Cl.[Cl-]. The zero-order valence-electron chi connectivity index (χ0n) is 13.4. The molecule has 1 N–H and O–H groups in total. The van der Waals surface area contributed by atoms with Crippen molar-refractivity contribution in [2.75, 3.05) is 27.2 Å².